The van der Waals surface area contributed by atoms with Crippen molar-refractivity contribution >= 4 is 6.08 Å². The molecule has 5 aromatic rings. The van der Waals surface area contributed by atoms with Gasteiger partial charge in [-0.2, -0.15) is 4.57 Å². The normalized spacial score (nSPS) is 13.7. The van der Waals surface area contributed by atoms with Crippen LogP contribution >= 0.6 is 0 Å². The van der Waals surface area contributed by atoms with Gasteiger partial charge in [0.25, 0.3) is 5.82 Å². The molecule has 36 heavy (non-hydrogen) atoms. The SMILES string of the molecule is Cc1ccccc1-n1c(C)c2[n+](c1-c1c(C)cccc1C)C(c1ccccc1)(c1ccccc1)C=C2. The summed E-state index contributed by atoms with van der Waals surface area (Å²) in [7, 11) is 0. The van der Waals surface area contributed by atoms with Crippen molar-refractivity contribution in [2.24, 2.45) is 0 Å². The molecule has 4 aromatic carbocycles. The second-order valence-corrected chi connectivity index (χ2v) is 9.85. The van der Waals surface area contributed by atoms with Crippen LogP contribution in [0.4, 0.5) is 0 Å². The number of nitrogens with zero attached hydrogens (tertiary/aromatic N) is 2. The first-order valence-electron chi connectivity index (χ1n) is 12.6. The van der Waals surface area contributed by atoms with Crippen LogP contribution in [0.5, 0.6) is 0 Å². The molecule has 0 fully saturated rings. The largest absolute Gasteiger partial charge is 0.296 e. The molecular weight excluding hydrogens is 436 g/mol. The van der Waals surface area contributed by atoms with Crippen LogP contribution in [0.2, 0.25) is 0 Å². The maximum atomic E-state index is 2.58. The number of fused-ring (bicyclic) bond motifs is 1. The summed E-state index contributed by atoms with van der Waals surface area (Å²) in [5.74, 6) is 1.21. The van der Waals surface area contributed by atoms with Gasteiger partial charge in [-0.25, -0.2) is 4.57 Å². The third-order valence-corrected chi connectivity index (χ3v) is 7.69. The number of imidazole rings is 1. The van der Waals surface area contributed by atoms with E-state index in [1.54, 1.807) is 0 Å². The third-order valence-electron chi connectivity index (χ3n) is 7.69. The zero-order valence-corrected chi connectivity index (χ0v) is 21.4. The smallest absolute Gasteiger partial charge is 0.205 e. The first kappa shape index (κ1) is 22.3. The highest BCUT2D eigenvalue weighted by molar-refractivity contribution is 5.70. The van der Waals surface area contributed by atoms with Gasteiger partial charge >= 0.3 is 0 Å². The van der Waals surface area contributed by atoms with E-state index in [1.165, 1.54) is 56.3 Å². The lowest BCUT2D eigenvalue weighted by molar-refractivity contribution is -0.718. The highest BCUT2D eigenvalue weighted by Gasteiger charge is 2.49. The van der Waals surface area contributed by atoms with E-state index in [-0.39, 0.29) is 0 Å². The minimum Gasteiger partial charge on any atom is -0.205 e. The molecule has 6 rings (SSSR count). The number of hydrogen-bond donors (Lipinski definition) is 0. The number of aryl methyl sites for hydroxylation is 3. The molecule has 1 aromatic heterocycles. The average molecular weight is 468 g/mol. The minimum absolute atomic E-state index is 0.458. The standard InChI is InChI=1S/C34H31N2/c1-24-14-11-12-21-30(24)35-27(4)31-22-23-34(28-17-7-5-8-18-28,29-19-9-6-10-20-29)36(31)33(35)32-25(2)15-13-16-26(32)3/h5-23H,1-4H3/q+1. The van der Waals surface area contributed by atoms with Crippen molar-refractivity contribution in [3.8, 4) is 17.1 Å². The number of allylic oxidation sites excluding steroid dienone is 1. The zero-order chi connectivity index (χ0) is 24.9. The molecule has 0 bridgehead atoms. The Balaban J connectivity index is 1.82. The van der Waals surface area contributed by atoms with E-state index in [1.807, 2.05) is 0 Å². The molecule has 0 saturated carbocycles. The van der Waals surface area contributed by atoms with Crippen LogP contribution in [0.15, 0.2) is 109 Å². The van der Waals surface area contributed by atoms with Crippen LogP contribution in [0, 0.1) is 27.7 Å². The third kappa shape index (κ3) is 3.14. The molecule has 2 heterocycles. The van der Waals surface area contributed by atoms with E-state index in [4.69, 9.17) is 0 Å². The van der Waals surface area contributed by atoms with E-state index in [9.17, 15) is 0 Å². The fourth-order valence-corrected chi connectivity index (χ4v) is 5.98. The lowest BCUT2D eigenvalue weighted by atomic mass is 9.82. The predicted octanol–water partition coefficient (Wildman–Crippen LogP) is 7.48. The van der Waals surface area contributed by atoms with Crippen LogP contribution in [0.1, 0.15) is 39.2 Å². The fourth-order valence-electron chi connectivity index (χ4n) is 5.98. The Kier molecular flexibility index (Phi) is 5.26. The number of para-hydroxylation sites is 1. The van der Waals surface area contributed by atoms with Gasteiger partial charge in [0.15, 0.2) is 16.9 Å². The number of rotatable bonds is 4. The van der Waals surface area contributed by atoms with Gasteiger partial charge in [-0.05, 0) is 55.7 Å². The number of aromatic nitrogens is 2. The molecule has 0 N–H and O–H groups in total. The summed E-state index contributed by atoms with van der Waals surface area (Å²) in [6.45, 7) is 8.92. The van der Waals surface area contributed by atoms with E-state index < -0.39 is 5.54 Å². The molecule has 2 nitrogen and oxygen atoms in total. The second kappa shape index (κ2) is 8.49. The summed E-state index contributed by atoms with van der Waals surface area (Å²) < 4.78 is 5.05. The van der Waals surface area contributed by atoms with Gasteiger partial charge in [0.2, 0.25) is 0 Å². The molecule has 0 amide bonds. The monoisotopic (exact) mass is 467 g/mol. The topological polar surface area (TPSA) is 8.81 Å². The fraction of sp³-hybridized carbons (Fsp3) is 0.147. The Hall–Kier alpha value is -4.17. The van der Waals surface area contributed by atoms with Crippen molar-refractivity contribution in [3.05, 3.63) is 148 Å². The Morgan fingerprint density at radius 3 is 1.69 bits per heavy atom. The molecule has 0 atom stereocenters. The molecule has 1 aliphatic rings. The van der Waals surface area contributed by atoms with Gasteiger partial charge in [-0.15, -0.1) is 0 Å². The van der Waals surface area contributed by atoms with Crippen LogP contribution in [0.25, 0.3) is 23.2 Å². The Morgan fingerprint density at radius 1 is 0.583 bits per heavy atom. The van der Waals surface area contributed by atoms with E-state index in [2.05, 4.69) is 152 Å². The summed E-state index contributed by atoms with van der Waals surface area (Å²) >= 11 is 0. The molecule has 0 aliphatic carbocycles. The zero-order valence-electron chi connectivity index (χ0n) is 21.4. The van der Waals surface area contributed by atoms with Gasteiger partial charge < -0.3 is 0 Å². The van der Waals surface area contributed by atoms with Crippen LogP contribution in [-0.2, 0) is 5.54 Å². The Labute approximate surface area is 213 Å². The highest BCUT2D eigenvalue weighted by atomic mass is 15.2. The summed E-state index contributed by atoms with van der Waals surface area (Å²) in [5.41, 5.74) is 10.9. The van der Waals surface area contributed by atoms with Crippen LogP contribution < -0.4 is 4.57 Å². The van der Waals surface area contributed by atoms with Gasteiger partial charge in [0, 0.05) is 18.1 Å². The van der Waals surface area contributed by atoms with Gasteiger partial charge in [-0.1, -0.05) is 97.1 Å². The maximum Gasteiger partial charge on any atom is 0.296 e. The molecule has 0 spiro atoms. The first-order chi connectivity index (χ1) is 17.5. The van der Waals surface area contributed by atoms with E-state index >= 15 is 0 Å². The van der Waals surface area contributed by atoms with Gasteiger partial charge in [-0.3, -0.25) is 0 Å². The van der Waals surface area contributed by atoms with Crippen molar-refractivity contribution in [3.63, 3.8) is 0 Å². The molecular formula is C34H31N2+. The van der Waals surface area contributed by atoms with E-state index in [0.717, 1.165) is 0 Å². The maximum absolute atomic E-state index is 2.58. The Bertz CT molecular complexity index is 1540. The summed E-state index contributed by atoms with van der Waals surface area (Å²) in [6, 6.07) is 37.2. The molecule has 0 radical (unpaired) electrons. The number of hydrogen-bond acceptors (Lipinski definition) is 0. The highest BCUT2D eigenvalue weighted by Crippen LogP contribution is 2.42. The predicted molar refractivity (Wildman–Crippen MR) is 148 cm³/mol. The van der Waals surface area contributed by atoms with E-state index in [0.29, 0.717) is 0 Å². The van der Waals surface area contributed by atoms with Crippen LogP contribution in [0.3, 0.4) is 0 Å². The lowest BCUT2D eigenvalue weighted by Gasteiger charge is -2.29. The molecule has 0 saturated heterocycles. The quantitative estimate of drug-likeness (QED) is 0.242. The molecule has 2 heteroatoms. The van der Waals surface area contributed by atoms with Crippen molar-refractivity contribution in [1.82, 2.24) is 4.57 Å². The summed E-state index contributed by atoms with van der Waals surface area (Å²) in [4.78, 5) is 0. The summed E-state index contributed by atoms with van der Waals surface area (Å²) in [5, 5.41) is 0. The van der Waals surface area contributed by atoms with Gasteiger partial charge in [0.1, 0.15) is 5.69 Å². The number of benzene rings is 4. The molecule has 0 unspecified atom stereocenters. The minimum atomic E-state index is -0.458. The second-order valence-electron chi connectivity index (χ2n) is 9.85. The average Bonchev–Trinajstić information content (AvgIpc) is 3.43. The summed E-state index contributed by atoms with van der Waals surface area (Å²) in [6.07, 6.45) is 4.71. The van der Waals surface area contributed by atoms with Crippen LogP contribution in [-0.4, -0.2) is 4.57 Å². The molecule has 1 aliphatic heterocycles. The van der Waals surface area contributed by atoms with Crippen molar-refractivity contribution in [2.45, 2.75) is 33.2 Å². The van der Waals surface area contributed by atoms with Crippen molar-refractivity contribution in [2.75, 3.05) is 0 Å². The van der Waals surface area contributed by atoms with Crippen molar-refractivity contribution in [1.29, 1.82) is 0 Å². The Morgan fingerprint density at radius 2 is 1.11 bits per heavy atom. The van der Waals surface area contributed by atoms with Gasteiger partial charge in [0.05, 0.1) is 5.56 Å². The van der Waals surface area contributed by atoms with Crippen molar-refractivity contribution < 1.29 is 4.57 Å². The molecule has 176 valence electrons. The first-order valence-corrected chi connectivity index (χ1v) is 12.6. The lowest BCUT2D eigenvalue weighted by Crippen LogP contribution is -2.56.